The van der Waals surface area contributed by atoms with Gasteiger partial charge < -0.3 is 18.0 Å². The van der Waals surface area contributed by atoms with E-state index in [4.69, 9.17) is 18.0 Å². The number of ether oxygens (including phenoxy) is 1. The van der Waals surface area contributed by atoms with E-state index in [9.17, 15) is 4.79 Å². The Hall–Kier alpha value is -0.693. The van der Waals surface area contributed by atoms with Crippen LogP contribution >= 0.6 is 0 Å². The summed E-state index contributed by atoms with van der Waals surface area (Å²) in [6.07, 6.45) is 2.31. The summed E-state index contributed by atoms with van der Waals surface area (Å²) < 4.78 is 22.9. The van der Waals surface area contributed by atoms with Crippen molar-refractivity contribution in [1.82, 2.24) is 0 Å². The fourth-order valence-electron chi connectivity index (χ4n) is 1.75. The molecule has 0 rings (SSSR count). The minimum atomic E-state index is -3.02. The molecule has 0 fully saturated rings. The molecule has 20 heavy (non-hydrogen) atoms. The van der Waals surface area contributed by atoms with Gasteiger partial charge in [-0.2, -0.15) is 0 Å². The van der Waals surface area contributed by atoms with E-state index in [1.807, 2.05) is 27.7 Å². The van der Waals surface area contributed by atoms with Gasteiger partial charge in [0, 0.05) is 25.4 Å². The van der Waals surface area contributed by atoms with Crippen LogP contribution in [0.15, 0.2) is 11.6 Å². The fourth-order valence-corrected chi connectivity index (χ4v) is 4.52. The molecule has 0 radical (unpaired) electrons. The van der Waals surface area contributed by atoms with E-state index in [0.29, 0.717) is 31.8 Å². The third-order valence-corrected chi connectivity index (χ3v) is 6.19. The van der Waals surface area contributed by atoms with Crippen LogP contribution < -0.4 is 0 Å². The Bertz CT molecular complexity index is 300. The molecule has 0 amide bonds. The van der Waals surface area contributed by atoms with Gasteiger partial charge in [0.25, 0.3) is 0 Å². The molecule has 0 bridgehead atoms. The predicted octanol–water partition coefficient (Wildman–Crippen LogP) is 2.86. The molecule has 0 aromatic heterocycles. The average molecular weight is 304 g/mol. The summed E-state index contributed by atoms with van der Waals surface area (Å²) in [5, 5.41) is 0. The van der Waals surface area contributed by atoms with E-state index < -0.39 is 14.5 Å². The summed E-state index contributed by atoms with van der Waals surface area (Å²) in [6.45, 7) is 12.5. The summed E-state index contributed by atoms with van der Waals surface area (Å²) >= 11 is 0. The predicted molar refractivity (Wildman–Crippen MR) is 80.2 cm³/mol. The summed E-state index contributed by atoms with van der Waals surface area (Å²) in [5.41, 5.74) is 0.0839. The van der Waals surface area contributed by atoms with E-state index in [2.05, 4.69) is 0 Å². The molecule has 0 aromatic rings. The highest BCUT2D eigenvalue weighted by Crippen LogP contribution is 2.21. The van der Waals surface area contributed by atoms with E-state index >= 15 is 0 Å². The third kappa shape index (κ3) is 5.36. The quantitative estimate of drug-likeness (QED) is 0.353. The van der Waals surface area contributed by atoms with Crippen LogP contribution in [0.2, 0.25) is 0 Å². The van der Waals surface area contributed by atoms with E-state index in [1.165, 1.54) is 0 Å². The number of allylic oxidation sites excluding steroid dienone is 1. The van der Waals surface area contributed by atoms with Gasteiger partial charge in [-0.1, -0.05) is 13.0 Å². The zero-order valence-electron chi connectivity index (χ0n) is 13.5. The molecule has 0 N–H and O–H groups in total. The fraction of sp³-hybridized carbons (Fsp3) is 0.786. The number of rotatable bonds is 10. The van der Waals surface area contributed by atoms with E-state index in [0.717, 1.165) is 0 Å². The Kier molecular flexibility index (Phi) is 9.74. The second-order valence-corrected chi connectivity index (χ2v) is 6.89. The molecule has 0 aliphatic rings. The van der Waals surface area contributed by atoms with Gasteiger partial charge in [0.1, 0.15) is 0 Å². The smallest absolute Gasteiger partial charge is 0.454 e. The Morgan fingerprint density at radius 2 is 1.50 bits per heavy atom. The highest BCUT2D eigenvalue weighted by Gasteiger charge is 2.51. The third-order valence-electron chi connectivity index (χ3n) is 2.81. The highest BCUT2D eigenvalue weighted by atomic mass is 28.4. The molecular formula is C14H28O5Si. The molecule has 118 valence electrons. The van der Waals surface area contributed by atoms with E-state index in [-0.39, 0.29) is 5.97 Å². The molecule has 6 heteroatoms. The van der Waals surface area contributed by atoms with Crippen molar-refractivity contribution >= 4 is 14.8 Å². The molecule has 5 nitrogen and oxygen atoms in total. The first-order valence-corrected chi connectivity index (χ1v) is 9.07. The van der Waals surface area contributed by atoms with Gasteiger partial charge in [0.15, 0.2) is 5.73 Å². The van der Waals surface area contributed by atoms with Gasteiger partial charge in [-0.15, -0.1) is 0 Å². The average Bonchev–Trinajstić information content (AvgIpc) is 2.44. The number of esters is 1. The summed E-state index contributed by atoms with van der Waals surface area (Å²) in [7, 11) is -3.02. The van der Waals surface area contributed by atoms with Gasteiger partial charge in [0.05, 0.1) is 0 Å². The van der Waals surface area contributed by atoms with Crippen molar-refractivity contribution < 1.29 is 22.8 Å². The second kappa shape index (κ2) is 10.1. The second-order valence-electron chi connectivity index (χ2n) is 4.18. The topological polar surface area (TPSA) is 54.0 Å². The van der Waals surface area contributed by atoms with Crippen LogP contribution in [0.5, 0.6) is 0 Å². The lowest BCUT2D eigenvalue weighted by Crippen LogP contribution is -2.58. The maximum Gasteiger partial charge on any atom is 0.544 e. The molecule has 0 aliphatic heterocycles. The Balaban J connectivity index is 5.19. The molecular weight excluding hydrogens is 276 g/mol. The summed E-state index contributed by atoms with van der Waals surface area (Å²) in [6, 6.07) is 0. The Morgan fingerprint density at radius 1 is 1.05 bits per heavy atom. The molecule has 0 heterocycles. The molecule has 1 atom stereocenters. The molecule has 0 spiro atoms. The van der Waals surface area contributed by atoms with Crippen molar-refractivity contribution in [2.75, 3.05) is 19.8 Å². The molecule has 0 aromatic carbocycles. The standard InChI is InChI=1S/C14H28O5Si/c1-7-12(6)14(15)19-13(8-2)20(16-9-3,17-10-4)18-11-5/h7,13H,8-11H2,1-6H3. The van der Waals surface area contributed by atoms with Crippen molar-refractivity contribution in [3.05, 3.63) is 11.6 Å². The van der Waals surface area contributed by atoms with Crippen LogP contribution in [0, 0.1) is 0 Å². The first-order chi connectivity index (χ1) is 9.51. The lowest BCUT2D eigenvalue weighted by Gasteiger charge is -2.34. The number of hydrogen-bond donors (Lipinski definition) is 0. The Labute approximate surface area is 123 Å². The van der Waals surface area contributed by atoms with Crippen molar-refractivity contribution in [2.45, 2.75) is 53.7 Å². The zero-order chi connectivity index (χ0) is 15.6. The monoisotopic (exact) mass is 304 g/mol. The van der Waals surface area contributed by atoms with Crippen LogP contribution in [0.25, 0.3) is 0 Å². The van der Waals surface area contributed by atoms with Crippen LogP contribution in [0.4, 0.5) is 0 Å². The summed E-state index contributed by atoms with van der Waals surface area (Å²) in [4.78, 5) is 12.0. The van der Waals surface area contributed by atoms with Gasteiger partial charge in [0.2, 0.25) is 0 Å². The molecule has 1 unspecified atom stereocenters. The van der Waals surface area contributed by atoms with E-state index in [1.54, 1.807) is 19.9 Å². The van der Waals surface area contributed by atoms with Crippen molar-refractivity contribution in [2.24, 2.45) is 0 Å². The van der Waals surface area contributed by atoms with Crippen LogP contribution in [0.1, 0.15) is 48.0 Å². The van der Waals surface area contributed by atoms with Gasteiger partial charge in [-0.25, -0.2) is 4.79 Å². The van der Waals surface area contributed by atoms with Crippen LogP contribution in [-0.2, 0) is 22.8 Å². The lowest BCUT2D eigenvalue weighted by atomic mass is 10.3. The minimum absolute atomic E-state index is 0.352. The summed E-state index contributed by atoms with van der Waals surface area (Å²) in [5.74, 6) is -0.352. The zero-order valence-corrected chi connectivity index (χ0v) is 14.5. The Morgan fingerprint density at radius 3 is 1.80 bits per heavy atom. The SMILES string of the molecule is CC=C(C)C(=O)OC(CC)[Si](OCC)(OCC)OCC. The minimum Gasteiger partial charge on any atom is -0.454 e. The van der Waals surface area contributed by atoms with Gasteiger partial charge in [-0.05, 0) is 41.0 Å². The van der Waals surface area contributed by atoms with Crippen molar-refractivity contribution in [3.8, 4) is 0 Å². The van der Waals surface area contributed by atoms with Gasteiger partial charge >= 0.3 is 14.8 Å². The van der Waals surface area contributed by atoms with Crippen LogP contribution in [-0.4, -0.2) is 40.3 Å². The largest absolute Gasteiger partial charge is 0.544 e. The number of hydrogen-bond acceptors (Lipinski definition) is 5. The number of carbonyl (C=O) groups is 1. The lowest BCUT2D eigenvalue weighted by molar-refractivity contribution is -0.144. The van der Waals surface area contributed by atoms with Crippen molar-refractivity contribution in [1.29, 1.82) is 0 Å². The maximum absolute atomic E-state index is 12.0. The van der Waals surface area contributed by atoms with Crippen LogP contribution in [0.3, 0.4) is 0 Å². The maximum atomic E-state index is 12.0. The normalized spacial score (nSPS) is 14.2. The number of carbonyl (C=O) groups excluding carboxylic acids is 1. The van der Waals surface area contributed by atoms with Gasteiger partial charge in [-0.3, -0.25) is 0 Å². The highest BCUT2D eigenvalue weighted by molar-refractivity contribution is 6.62. The molecule has 0 saturated heterocycles. The first-order valence-electron chi connectivity index (χ1n) is 7.26. The molecule has 0 aliphatic carbocycles. The molecule has 0 saturated carbocycles. The first kappa shape index (κ1) is 19.3. The van der Waals surface area contributed by atoms with Crippen molar-refractivity contribution in [3.63, 3.8) is 0 Å².